The zero-order valence-electron chi connectivity index (χ0n) is 13.7. The van der Waals surface area contributed by atoms with E-state index in [1.165, 1.54) is 4.90 Å². The molecule has 0 unspecified atom stereocenters. The van der Waals surface area contributed by atoms with Crippen molar-refractivity contribution in [1.29, 1.82) is 5.41 Å². The van der Waals surface area contributed by atoms with Crippen LogP contribution in [0.15, 0.2) is 53.8 Å². The van der Waals surface area contributed by atoms with Crippen molar-refractivity contribution in [2.24, 2.45) is 0 Å². The van der Waals surface area contributed by atoms with Gasteiger partial charge in [-0.2, -0.15) is 0 Å². The number of nitrogens with one attached hydrogen (secondary N) is 1. The highest BCUT2D eigenvalue weighted by Crippen LogP contribution is 2.29. The van der Waals surface area contributed by atoms with Crippen LogP contribution in [0, 0.1) is 5.41 Å². The lowest BCUT2D eigenvalue weighted by atomic mass is 10.1. The summed E-state index contributed by atoms with van der Waals surface area (Å²) in [6.45, 7) is 1.49. The number of allylic oxidation sites excluding steroid dienone is 3. The van der Waals surface area contributed by atoms with Gasteiger partial charge in [0.15, 0.2) is 5.83 Å². The first-order chi connectivity index (χ1) is 12.0. The van der Waals surface area contributed by atoms with Gasteiger partial charge in [-0.1, -0.05) is 30.3 Å². The fourth-order valence-corrected chi connectivity index (χ4v) is 2.90. The molecule has 3 rings (SSSR count). The lowest BCUT2D eigenvalue weighted by molar-refractivity contribution is 0.0774. The van der Waals surface area contributed by atoms with Crippen LogP contribution in [0.1, 0.15) is 12.0 Å². The number of carbonyl (C=O) groups excluding carboxylic acids is 1. The summed E-state index contributed by atoms with van der Waals surface area (Å²) in [4.78, 5) is 15.2. The maximum atomic E-state index is 14.0. The summed E-state index contributed by atoms with van der Waals surface area (Å²) in [5.74, 6) is -1.36. The molecule has 1 aliphatic heterocycles. The molecule has 0 aromatic heterocycles. The molecule has 1 aliphatic carbocycles. The number of benzene rings is 1. The fourth-order valence-electron chi connectivity index (χ4n) is 2.90. The molecule has 1 aromatic rings. The average Bonchev–Trinajstić information content (AvgIpc) is 2.60. The Balaban J connectivity index is 1.53. The van der Waals surface area contributed by atoms with Crippen molar-refractivity contribution in [2.45, 2.75) is 13.0 Å². The van der Waals surface area contributed by atoms with Gasteiger partial charge >= 0.3 is 6.09 Å². The molecule has 0 saturated carbocycles. The number of hydrogen-bond donors (Lipinski definition) is 1. The molecular formula is C18H19F2N3O2. The van der Waals surface area contributed by atoms with Gasteiger partial charge in [-0.15, -0.1) is 0 Å². The van der Waals surface area contributed by atoms with Gasteiger partial charge in [0, 0.05) is 38.3 Å². The molecule has 0 radical (unpaired) electrons. The van der Waals surface area contributed by atoms with E-state index in [1.807, 2.05) is 30.3 Å². The molecule has 7 heteroatoms. The second kappa shape index (κ2) is 7.46. The Morgan fingerprint density at radius 1 is 1.12 bits per heavy atom. The Morgan fingerprint density at radius 2 is 1.80 bits per heavy atom. The number of hydrogen-bond acceptors (Lipinski definition) is 4. The highest BCUT2D eigenvalue weighted by atomic mass is 19.1. The molecular weight excluding hydrogens is 328 g/mol. The molecule has 2 aliphatic rings. The quantitative estimate of drug-likeness (QED) is 0.912. The highest BCUT2D eigenvalue weighted by molar-refractivity contribution is 5.96. The van der Waals surface area contributed by atoms with E-state index < -0.39 is 17.7 Å². The SMILES string of the molecule is N=C1C=C(F)C(N2CCN(C(=O)OCc3ccccc3)CC2)=C(F)C1. The number of carbonyl (C=O) groups is 1. The molecule has 5 nitrogen and oxygen atoms in total. The van der Waals surface area contributed by atoms with Crippen molar-refractivity contribution < 1.29 is 18.3 Å². The van der Waals surface area contributed by atoms with Gasteiger partial charge in [0.25, 0.3) is 0 Å². The van der Waals surface area contributed by atoms with Crippen LogP contribution in [0.25, 0.3) is 0 Å². The molecule has 0 bridgehead atoms. The predicted molar refractivity (Wildman–Crippen MR) is 89.4 cm³/mol. The summed E-state index contributed by atoms with van der Waals surface area (Å²) in [5.41, 5.74) is 0.730. The molecule has 0 spiro atoms. The number of nitrogens with zero attached hydrogens (tertiary/aromatic N) is 2. The number of piperazine rings is 1. The van der Waals surface area contributed by atoms with Crippen LogP contribution in [0.3, 0.4) is 0 Å². The second-order valence-corrected chi connectivity index (χ2v) is 5.96. The molecule has 132 valence electrons. The second-order valence-electron chi connectivity index (χ2n) is 5.96. The molecule has 0 atom stereocenters. The van der Waals surface area contributed by atoms with Crippen LogP contribution in [-0.2, 0) is 11.3 Å². The van der Waals surface area contributed by atoms with E-state index in [9.17, 15) is 13.6 Å². The van der Waals surface area contributed by atoms with Gasteiger partial charge in [-0.05, 0) is 11.6 Å². The molecule has 1 N–H and O–H groups in total. The summed E-state index contributed by atoms with van der Waals surface area (Å²) in [7, 11) is 0. The standard InChI is InChI=1S/C18H19F2N3O2/c19-15-10-14(21)11-16(20)17(15)22-6-8-23(9-7-22)18(24)25-12-13-4-2-1-3-5-13/h1-5,10,21H,6-9,11-12H2. The lowest BCUT2D eigenvalue weighted by Gasteiger charge is -2.37. The molecule has 1 amide bonds. The Hall–Kier alpha value is -2.70. The van der Waals surface area contributed by atoms with Crippen molar-refractivity contribution >= 4 is 11.8 Å². The number of amides is 1. The van der Waals surface area contributed by atoms with E-state index >= 15 is 0 Å². The summed E-state index contributed by atoms with van der Waals surface area (Å²) >= 11 is 0. The number of rotatable bonds is 3. The van der Waals surface area contributed by atoms with Crippen molar-refractivity contribution in [3.8, 4) is 0 Å². The number of ether oxygens (including phenoxy) is 1. The van der Waals surface area contributed by atoms with E-state index in [4.69, 9.17) is 10.1 Å². The van der Waals surface area contributed by atoms with Crippen LogP contribution in [0.5, 0.6) is 0 Å². The normalized spacial score (nSPS) is 18.3. The van der Waals surface area contributed by atoms with Crippen LogP contribution < -0.4 is 0 Å². The summed E-state index contributed by atoms with van der Waals surface area (Å²) in [6, 6.07) is 9.37. The van der Waals surface area contributed by atoms with E-state index in [1.54, 1.807) is 4.90 Å². The van der Waals surface area contributed by atoms with Crippen LogP contribution in [-0.4, -0.2) is 47.8 Å². The molecule has 1 heterocycles. The van der Waals surface area contributed by atoms with E-state index in [0.29, 0.717) is 26.2 Å². The van der Waals surface area contributed by atoms with Crippen LogP contribution in [0.2, 0.25) is 0 Å². The molecule has 1 fully saturated rings. The molecule has 1 saturated heterocycles. The van der Waals surface area contributed by atoms with Gasteiger partial charge < -0.3 is 19.9 Å². The largest absolute Gasteiger partial charge is 0.445 e. The third kappa shape index (κ3) is 4.04. The van der Waals surface area contributed by atoms with Crippen molar-refractivity contribution in [2.75, 3.05) is 26.2 Å². The lowest BCUT2D eigenvalue weighted by Crippen LogP contribution is -2.48. The minimum atomic E-state index is -0.728. The Bertz CT molecular complexity index is 723. The number of halogens is 2. The van der Waals surface area contributed by atoms with Gasteiger partial charge in [0.2, 0.25) is 0 Å². The smallest absolute Gasteiger partial charge is 0.410 e. The van der Waals surface area contributed by atoms with Crippen LogP contribution >= 0.6 is 0 Å². The molecule has 25 heavy (non-hydrogen) atoms. The Morgan fingerprint density at radius 3 is 2.44 bits per heavy atom. The van der Waals surface area contributed by atoms with Gasteiger partial charge in [-0.25, -0.2) is 13.6 Å². The summed E-state index contributed by atoms with van der Waals surface area (Å²) in [5, 5.41) is 7.38. The summed E-state index contributed by atoms with van der Waals surface area (Å²) in [6.07, 6.45) is 0.417. The van der Waals surface area contributed by atoms with E-state index in [-0.39, 0.29) is 24.4 Å². The summed E-state index contributed by atoms with van der Waals surface area (Å²) < 4.78 is 33.3. The zero-order valence-corrected chi connectivity index (χ0v) is 13.7. The first-order valence-corrected chi connectivity index (χ1v) is 8.09. The van der Waals surface area contributed by atoms with E-state index in [0.717, 1.165) is 11.6 Å². The third-order valence-corrected chi connectivity index (χ3v) is 4.19. The highest BCUT2D eigenvalue weighted by Gasteiger charge is 2.29. The van der Waals surface area contributed by atoms with Crippen LogP contribution in [0.4, 0.5) is 13.6 Å². The van der Waals surface area contributed by atoms with E-state index in [2.05, 4.69) is 0 Å². The molecule has 1 aromatic carbocycles. The Labute approximate surface area is 144 Å². The zero-order chi connectivity index (χ0) is 17.8. The predicted octanol–water partition coefficient (Wildman–Crippen LogP) is 3.40. The van der Waals surface area contributed by atoms with Gasteiger partial charge in [-0.3, -0.25) is 0 Å². The third-order valence-electron chi connectivity index (χ3n) is 4.19. The first-order valence-electron chi connectivity index (χ1n) is 8.09. The topological polar surface area (TPSA) is 56.6 Å². The van der Waals surface area contributed by atoms with Gasteiger partial charge in [0.05, 0.1) is 0 Å². The van der Waals surface area contributed by atoms with Crippen molar-refractivity contribution in [3.63, 3.8) is 0 Å². The maximum absolute atomic E-state index is 14.0. The van der Waals surface area contributed by atoms with Gasteiger partial charge in [0.1, 0.15) is 18.1 Å². The monoisotopic (exact) mass is 347 g/mol. The maximum Gasteiger partial charge on any atom is 0.410 e. The minimum absolute atomic E-state index is 0.0816. The average molecular weight is 347 g/mol. The minimum Gasteiger partial charge on any atom is -0.445 e. The Kier molecular flexibility index (Phi) is 5.11. The van der Waals surface area contributed by atoms with Crippen molar-refractivity contribution in [1.82, 2.24) is 9.80 Å². The van der Waals surface area contributed by atoms with Crippen molar-refractivity contribution in [3.05, 3.63) is 59.3 Å². The fraction of sp³-hybridized carbons (Fsp3) is 0.333. The first kappa shape index (κ1) is 17.1.